The van der Waals surface area contributed by atoms with E-state index in [1.807, 2.05) is 0 Å². The van der Waals surface area contributed by atoms with Crippen LogP contribution in [0.5, 0.6) is 0 Å². The molecule has 0 unspecified atom stereocenters. The van der Waals surface area contributed by atoms with Crippen molar-refractivity contribution in [2.45, 2.75) is 24.8 Å². The summed E-state index contributed by atoms with van der Waals surface area (Å²) < 4.78 is 4.65. The van der Waals surface area contributed by atoms with Crippen molar-refractivity contribution in [1.29, 1.82) is 0 Å². The van der Waals surface area contributed by atoms with Gasteiger partial charge in [-0.1, -0.05) is 0 Å². The Kier molecular flexibility index (Phi) is 3.83. The molecule has 66 valence electrons. The highest BCUT2D eigenvalue weighted by Gasteiger charge is 2.43. The van der Waals surface area contributed by atoms with Crippen molar-refractivity contribution >= 4 is 18.4 Å². The molecular formula is C7H14ClNO2. The minimum atomic E-state index is -0.339. The molecule has 0 aliphatic heterocycles. The van der Waals surface area contributed by atoms with E-state index >= 15 is 0 Å². The number of rotatable bonds is 2. The Balaban J connectivity index is 0.000001000. The smallest absolute Gasteiger partial charge is 0.326 e. The van der Waals surface area contributed by atoms with Gasteiger partial charge in [0.15, 0.2) is 0 Å². The van der Waals surface area contributed by atoms with E-state index in [9.17, 15) is 4.79 Å². The number of ether oxygens (including phenoxy) is 1. The first-order valence-electron chi connectivity index (χ1n) is 3.52. The van der Waals surface area contributed by atoms with Crippen LogP contribution in [0.3, 0.4) is 0 Å². The quantitative estimate of drug-likeness (QED) is 0.635. The largest absolute Gasteiger partial charge is 0.468 e. The van der Waals surface area contributed by atoms with E-state index in [0.717, 1.165) is 19.3 Å². The standard InChI is InChI=1S/C7H13NO2.ClH/c1-8-7(4-3-5-7)6(9)10-2;/h8H,3-5H2,1-2H3;1H. The Morgan fingerprint density at radius 3 is 2.18 bits per heavy atom. The first-order valence-corrected chi connectivity index (χ1v) is 3.52. The normalized spacial score (nSPS) is 19.5. The van der Waals surface area contributed by atoms with Gasteiger partial charge < -0.3 is 10.1 Å². The van der Waals surface area contributed by atoms with E-state index in [4.69, 9.17) is 0 Å². The van der Waals surface area contributed by atoms with Crippen LogP contribution in [0.4, 0.5) is 0 Å². The molecule has 11 heavy (non-hydrogen) atoms. The average Bonchev–Trinajstić information content (AvgIpc) is 1.86. The summed E-state index contributed by atoms with van der Waals surface area (Å²) in [7, 11) is 3.23. The van der Waals surface area contributed by atoms with Crippen molar-refractivity contribution in [1.82, 2.24) is 5.32 Å². The number of carbonyl (C=O) groups is 1. The molecule has 1 aliphatic carbocycles. The molecule has 3 nitrogen and oxygen atoms in total. The van der Waals surface area contributed by atoms with Crippen LogP contribution in [0.25, 0.3) is 0 Å². The first-order chi connectivity index (χ1) is 4.75. The van der Waals surface area contributed by atoms with E-state index in [1.165, 1.54) is 7.11 Å². The molecule has 0 atom stereocenters. The number of methoxy groups -OCH3 is 1. The fourth-order valence-electron chi connectivity index (χ4n) is 1.28. The summed E-state index contributed by atoms with van der Waals surface area (Å²) in [5.41, 5.74) is -0.339. The van der Waals surface area contributed by atoms with Crippen LogP contribution in [0.2, 0.25) is 0 Å². The van der Waals surface area contributed by atoms with Gasteiger partial charge in [0.05, 0.1) is 7.11 Å². The SMILES string of the molecule is CNC1(C(=O)OC)CCC1.Cl. The lowest BCUT2D eigenvalue weighted by Crippen LogP contribution is -2.56. The predicted molar refractivity (Wildman–Crippen MR) is 44.9 cm³/mol. The highest BCUT2D eigenvalue weighted by atomic mass is 35.5. The molecule has 1 N–H and O–H groups in total. The van der Waals surface area contributed by atoms with E-state index in [1.54, 1.807) is 7.05 Å². The Labute approximate surface area is 72.9 Å². The lowest BCUT2D eigenvalue weighted by atomic mass is 9.77. The van der Waals surface area contributed by atoms with Crippen LogP contribution in [-0.2, 0) is 9.53 Å². The lowest BCUT2D eigenvalue weighted by molar-refractivity contribution is -0.152. The van der Waals surface area contributed by atoms with Gasteiger partial charge in [-0.3, -0.25) is 4.79 Å². The molecule has 0 aromatic carbocycles. The van der Waals surface area contributed by atoms with Crippen LogP contribution in [0, 0.1) is 0 Å². The van der Waals surface area contributed by atoms with Crippen molar-refractivity contribution in [2.75, 3.05) is 14.2 Å². The maximum atomic E-state index is 11.1. The van der Waals surface area contributed by atoms with Gasteiger partial charge in [-0.25, -0.2) is 0 Å². The molecule has 1 saturated carbocycles. The van der Waals surface area contributed by atoms with E-state index in [-0.39, 0.29) is 23.9 Å². The molecule has 1 rings (SSSR count). The number of nitrogens with one attached hydrogen (secondary N) is 1. The summed E-state index contributed by atoms with van der Waals surface area (Å²) in [4.78, 5) is 11.1. The van der Waals surface area contributed by atoms with Gasteiger partial charge >= 0.3 is 5.97 Å². The minimum Gasteiger partial charge on any atom is -0.468 e. The van der Waals surface area contributed by atoms with E-state index in [2.05, 4.69) is 10.1 Å². The van der Waals surface area contributed by atoms with Crippen LogP contribution in [-0.4, -0.2) is 25.7 Å². The second-order valence-electron chi connectivity index (χ2n) is 2.68. The molecule has 0 aromatic heterocycles. The molecule has 0 amide bonds. The van der Waals surface area contributed by atoms with Crippen molar-refractivity contribution in [3.8, 4) is 0 Å². The van der Waals surface area contributed by atoms with Crippen LogP contribution < -0.4 is 5.32 Å². The third-order valence-electron chi connectivity index (χ3n) is 2.26. The Morgan fingerprint density at radius 1 is 1.55 bits per heavy atom. The van der Waals surface area contributed by atoms with Gasteiger partial charge in [0.2, 0.25) is 0 Å². The number of hydrogen-bond donors (Lipinski definition) is 1. The molecule has 0 radical (unpaired) electrons. The summed E-state index contributed by atoms with van der Waals surface area (Å²) in [5, 5.41) is 2.99. The minimum absolute atomic E-state index is 0. The van der Waals surface area contributed by atoms with Crippen molar-refractivity contribution in [3.05, 3.63) is 0 Å². The number of halogens is 1. The topological polar surface area (TPSA) is 38.3 Å². The summed E-state index contributed by atoms with van der Waals surface area (Å²) >= 11 is 0. The zero-order chi connectivity index (χ0) is 7.61. The third kappa shape index (κ3) is 1.65. The van der Waals surface area contributed by atoms with Crippen LogP contribution >= 0.6 is 12.4 Å². The summed E-state index contributed by atoms with van der Waals surface area (Å²) in [6.07, 6.45) is 2.95. The van der Waals surface area contributed by atoms with Gasteiger partial charge in [0, 0.05) is 0 Å². The summed E-state index contributed by atoms with van der Waals surface area (Å²) in [5.74, 6) is -0.124. The molecule has 4 heteroatoms. The molecule has 0 saturated heterocycles. The molecule has 0 bridgehead atoms. The number of esters is 1. The monoisotopic (exact) mass is 179 g/mol. The molecule has 0 heterocycles. The molecular weight excluding hydrogens is 166 g/mol. The van der Waals surface area contributed by atoms with Crippen molar-refractivity contribution < 1.29 is 9.53 Å². The second-order valence-corrected chi connectivity index (χ2v) is 2.68. The summed E-state index contributed by atoms with van der Waals surface area (Å²) in [6.45, 7) is 0. The van der Waals surface area contributed by atoms with Gasteiger partial charge in [0.25, 0.3) is 0 Å². The lowest BCUT2D eigenvalue weighted by Gasteiger charge is -2.38. The highest BCUT2D eigenvalue weighted by molar-refractivity contribution is 5.85. The van der Waals surface area contributed by atoms with Gasteiger partial charge in [-0.2, -0.15) is 0 Å². The molecule has 1 aliphatic rings. The Hall–Kier alpha value is -0.280. The van der Waals surface area contributed by atoms with Crippen LogP contribution in [0.15, 0.2) is 0 Å². The Bertz CT molecular complexity index is 140. The second kappa shape index (κ2) is 3.93. The average molecular weight is 180 g/mol. The maximum Gasteiger partial charge on any atom is 0.326 e. The van der Waals surface area contributed by atoms with E-state index in [0.29, 0.717) is 0 Å². The predicted octanol–water partition coefficient (Wildman–Crippen LogP) is 0.723. The first kappa shape index (κ1) is 10.7. The van der Waals surface area contributed by atoms with E-state index < -0.39 is 0 Å². The fraction of sp³-hybridized carbons (Fsp3) is 0.857. The third-order valence-corrected chi connectivity index (χ3v) is 2.26. The summed E-state index contributed by atoms with van der Waals surface area (Å²) in [6, 6.07) is 0. The van der Waals surface area contributed by atoms with Crippen LogP contribution in [0.1, 0.15) is 19.3 Å². The number of carbonyl (C=O) groups excluding carboxylic acids is 1. The Morgan fingerprint density at radius 2 is 2.09 bits per heavy atom. The number of hydrogen-bond acceptors (Lipinski definition) is 3. The molecule has 1 fully saturated rings. The zero-order valence-electron chi connectivity index (χ0n) is 6.85. The highest BCUT2D eigenvalue weighted by Crippen LogP contribution is 2.32. The van der Waals surface area contributed by atoms with Crippen molar-refractivity contribution in [2.24, 2.45) is 0 Å². The molecule has 0 aromatic rings. The zero-order valence-corrected chi connectivity index (χ0v) is 7.66. The maximum absolute atomic E-state index is 11.1. The van der Waals surface area contributed by atoms with Crippen molar-refractivity contribution in [3.63, 3.8) is 0 Å². The van der Waals surface area contributed by atoms with Gasteiger partial charge in [-0.15, -0.1) is 12.4 Å². The van der Waals surface area contributed by atoms with Gasteiger partial charge in [-0.05, 0) is 26.3 Å². The molecule has 0 spiro atoms. The fourth-order valence-corrected chi connectivity index (χ4v) is 1.28. The van der Waals surface area contributed by atoms with Gasteiger partial charge in [0.1, 0.15) is 5.54 Å². The number of likely N-dealkylation sites (N-methyl/N-ethyl adjacent to an activating group) is 1.